The number of aliphatic hydroxyl groups is 1. The Morgan fingerprint density at radius 1 is 1.25 bits per heavy atom. The first-order valence-electron chi connectivity index (χ1n) is 3.39. The van der Waals surface area contributed by atoms with Crippen molar-refractivity contribution in [3.05, 3.63) is 33.8 Å². The van der Waals surface area contributed by atoms with Crippen LogP contribution in [0.1, 0.15) is 5.56 Å². The topological polar surface area (TPSA) is 20.2 Å². The maximum Gasteiger partial charge on any atom is 0.140 e. The van der Waals surface area contributed by atoms with Crippen LogP contribution in [0.5, 0.6) is 0 Å². The Morgan fingerprint density at radius 3 is 2.50 bits per heavy atom. The van der Waals surface area contributed by atoms with Crippen molar-refractivity contribution in [2.45, 2.75) is 6.42 Å². The molecular formula is C8H7BrF2O. The highest BCUT2D eigenvalue weighted by Gasteiger charge is 2.06. The molecule has 0 heterocycles. The van der Waals surface area contributed by atoms with Crippen molar-refractivity contribution >= 4 is 15.9 Å². The Labute approximate surface area is 77.2 Å². The van der Waals surface area contributed by atoms with E-state index in [4.69, 9.17) is 5.11 Å². The molecule has 0 aliphatic rings. The molecule has 0 unspecified atom stereocenters. The Balaban J connectivity index is 3.05. The molecule has 0 radical (unpaired) electrons. The molecular weight excluding hydrogens is 230 g/mol. The van der Waals surface area contributed by atoms with Crippen LogP contribution in [0, 0.1) is 11.6 Å². The third kappa shape index (κ3) is 2.01. The summed E-state index contributed by atoms with van der Waals surface area (Å²) < 4.78 is 25.7. The molecule has 1 nitrogen and oxygen atoms in total. The van der Waals surface area contributed by atoms with Crippen LogP contribution in [-0.2, 0) is 6.42 Å². The van der Waals surface area contributed by atoms with Crippen LogP contribution in [0.25, 0.3) is 0 Å². The van der Waals surface area contributed by atoms with E-state index in [1.54, 1.807) is 0 Å². The highest BCUT2D eigenvalue weighted by atomic mass is 79.9. The lowest BCUT2D eigenvalue weighted by Crippen LogP contribution is -1.96. The van der Waals surface area contributed by atoms with E-state index in [-0.39, 0.29) is 17.5 Å². The van der Waals surface area contributed by atoms with E-state index in [1.807, 2.05) is 0 Å². The minimum absolute atomic E-state index is 0.144. The van der Waals surface area contributed by atoms with Gasteiger partial charge >= 0.3 is 0 Å². The SMILES string of the molecule is OCCc1cc(Br)c(F)cc1F. The molecule has 0 saturated heterocycles. The predicted molar refractivity (Wildman–Crippen MR) is 44.8 cm³/mol. The molecule has 0 fully saturated rings. The fourth-order valence-electron chi connectivity index (χ4n) is 0.876. The summed E-state index contributed by atoms with van der Waals surface area (Å²) in [4.78, 5) is 0. The molecule has 4 heteroatoms. The molecule has 0 aliphatic carbocycles. The molecule has 0 aliphatic heterocycles. The lowest BCUT2D eigenvalue weighted by atomic mass is 10.1. The van der Waals surface area contributed by atoms with Gasteiger partial charge in [-0.15, -0.1) is 0 Å². The fourth-order valence-corrected chi connectivity index (χ4v) is 1.27. The number of hydrogen-bond donors (Lipinski definition) is 1. The van der Waals surface area contributed by atoms with E-state index in [0.717, 1.165) is 6.07 Å². The number of halogens is 3. The Hall–Kier alpha value is -0.480. The van der Waals surface area contributed by atoms with Crippen LogP contribution in [-0.4, -0.2) is 11.7 Å². The second-order valence-electron chi connectivity index (χ2n) is 2.33. The molecule has 1 aromatic carbocycles. The summed E-state index contributed by atoms with van der Waals surface area (Å²) in [6, 6.07) is 2.13. The van der Waals surface area contributed by atoms with Crippen LogP contribution >= 0.6 is 15.9 Å². The van der Waals surface area contributed by atoms with Crippen LogP contribution in [0.4, 0.5) is 8.78 Å². The molecule has 0 saturated carbocycles. The Morgan fingerprint density at radius 2 is 1.92 bits per heavy atom. The summed E-state index contributed by atoms with van der Waals surface area (Å²) in [7, 11) is 0. The second kappa shape index (κ2) is 3.96. The van der Waals surface area contributed by atoms with E-state index in [9.17, 15) is 8.78 Å². The monoisotopic (exact) mass is 236 g/mol. The standard InChI is InChI=1S/C8H7BrF2O/c9-6-3-5(1-2-12)7(10)4-8(6)11/h3-4,12H,1-2H2. The van der Waals surface area contributed by atoms with E-state index >= 15 is 0 Å². The quantitative estimate of drug-likeness (QED) is 0.782. The van der Waals surface area contributed by atoms with Crippen molar-refractivity contribution in [1.82, 2.24) is 0 Å². The average Bonchev–Trinajstić information content (AvgIpc) is 2.01. The largest absolute Gasteiger partial charge is 0.396 e. The van der Waals surface area contributed by atoms with E-state index in [2.05, 4.69) is 15.9 Å². The lowest BCUT2D eigenvalue weighted by Gasteiger charge is -2.02. The Kier molecular flexibility index (Phi) is 3.17. The molecule has 0 bridgehead atoms. The van der Waals surface area contributed by atoms with Gasteiger partial charge in [0.15, 0.2) is 0 Å². The van der Waals surface area contributed by atoms with Gasteiger partial charge in [0.2, 0.25) is 0 Å². The summed E-state index contributed by atoms with van der Waals surface area (Å²) in [5.74, 6) is -1.25. The van der Waals surface area contributed by atoms with Gasteiger partial charge in [-0.2, -0.15) is 0 Å². The van der Waals surface area contributed by atoms with Crippen molar-refractivity contribution in [2.24, 2.45) is 0 Å². The minimum atomic E-state index is -0.630. The van der Waals surface area contributed by atoms with Crippen LogP contribution < -0.4 is 0 Å². The highest BCUT2D eigenvalue weighted by molar-refractivity contribution is 9.10. The summed E-state index contributed by atoms with van der Waals surface area (Å²) >= 11 is 2.93. The van der Waals surface area contributed by atoms with Crippen LogP contribution in [0.15, 0.2) is 16.6 Å². The molecule has 1 rings (SSSR count). The number of benzene rings is 1. The summed E-state index contributed by atoms with van der Waals surface area (Å²) in [5.41, 5.74) is 0.311. The van der Waals surface area contributed by atoms with Crippen molar-refractivity contribution in [3.63, 3.8) is 0 Å². The first kappa shape index (κ1) is 9.61. The fraction of sp³-hybridized carbons (Fsp3) is 0.250. The summed E-state index contributed by atoms with van der Waals surface area (Å²) in [5, 5.41) is 8.53. The van der Waals surface area contributed by atoms with Gasteiger partial charge in [0, 0.05) is 12.7 Å². The smallest absolute Gasteiger partial charge is 0.140 e. The molecule has 66 valence electrons. The molecule has 0 atom stereocenters. The third-order valence-electron chi connectivity index (χ3n) is 1.47. The van der Waals surface area contributed by atoms with Crippen molar-refractivity contribution in [3.8, 4) is 0 Å². The van der Waals surface area contributed by atoms with E-state index in [0.29, 0.717) is 5.56 Å². The summed E-state index contributed by atoms with van der Waals surface area (Å²) in [6.45, 7) is -0.144. The van der Waals surface area contributed by atoms with E-state index < -0.39 is 11.6 Å². The minimum Gasteiger partial charge on any atom is -0.396 e. The lowest BCUT2D eigenvalue weighted by molar-refractivity contribution is 0.297. The maximum atomic E-state index is 12.8. The molecule has 1 aromatic rings. The van der Waals surface area contributed by atoms with Gasteiger partial charge in [0.1, 0.15) is 11.6 Å². The van der Waals surface area contributed by atoms with Gasteiger partial charge in [-0.05, 0) is 34.0 Å². The molecule has 0 amide bonds. The number of rotatable bonds is 2. The first-order valence-corrected chi connectivity index (χ1v) is 4.18. The molecule has 0 aromatic heterocycles. The van der Waals surface area contributed by atoms with Crippen molar-refractivity contribution in [1.29, 1.82) is 0 Å². The Bertz CT molecular complexity index is 289. The predicted octanol–water partition coefficient (Wildman–Crippen LogP) is 2.26. The molecule has 12 heavy (non-hydrogen) atoms. The zero-order valence-corrected chi connectivity index (χ0v) is 7.74. The maximum absolute atomic E-state index is 12.8. The van der Waals surface area contributed by atoms with Crippen molar-refractivity contribution < 1.29 is 13.9 Å². The zero-order valence-electron chi connectivity index (χ0n) is 6.15. The number of hydrogen-bond acceptors (Lipinski definition) is 1. The van der Waals surface area contributed by atoms with Gasteiger partial charge in [-0.3, -0.25) is 0 Å². The molecule has 1 N–H and O–H groups in total. The van der Waals surface area contributed by atoms with Crippen molar-refractivity contribution in [2.75, 3.05) is 6.61 Å². The zero-order chi connectivity index (χ0) is 9.14. The highest BCUT2D eigenvalue weighted by Crippen LogP contribution is 2.20. The van der Waals surface area contributed by atoms with Crippen LogP contribution in [0.2, 0.25) is 0 Å². The normalized spacial score (nSPS) is 10.3. The summed E-state index contributed by atoms with van der Waals surface area (Å²) in [6.07, 6.45) is 0.199. The van der Waals surface area contributed by atoms with Gasteiger partial charge in [0.25, 0.3) is 0 Å². The third-order valence-corrected chi connectivity index (χ3v) is 2.08. The van der Waals surface area contributed by atoms with Gasteiger partial charge in [-0.25, -0.2) is 8.78 Å². The van der Waals surface area contributed by atoms with Crippen LogP contribution in [0.3, 0.4) is 0 Å². The van der Waals surface area contributed by atoms with Gasteiger partial charge < -0.3 is 5.11 Å². The van der Waals surface area contributed by atoms with Gasteiger partial charge in [-0.1, -0.05) is 0 Å². The second-order valence-corrected chi connectivity index (χ2v) is 3.19. The van der Waals surface area contributed by atoms with E-state index in [1.165, 1.54) is 6.07 Å². The first-order chi connectivity index (χ1) is 5.65. The average molecular weight is 237 g/mol. The molecule has 0 spiro atoms. The number of aliphatic hydroxyl groups excluding tert-OH is 1. The van der Waals surface area contributed by atoms with Gasteiger partial charge in [0.05, 0.1) is 4.47 Å².